The zero-order valence-corrected chi connectivity index (χ0v) is 22.7. The lowest BCUT2D eigenvalue weighted by atomic mass is 10.0. The van der Waals surface area contributed by atoms with Crippen molar-refractivity contribution in [2.75, 3.05) is 19.1 Å². The maximum Gasteiger partial charge on any atom is 0.339 e. The lowest BCUT2D eigenvalue weighted by Gasteiger charge is -2.08. The van der Waals surface area contributed by atoms with Crippen molar-refractivity contribution in [2.24, 2.45) is 0 Å². The van der Waals surface area contributed by atoms with E-state index >= 15 is 0 Å². The number of anilines is 1. The van der Waals surface area contributed by atoms with E-state index in [1.807, 2.05) is 6.92 Å². The quantitative estimate of drug-likeness (QED) is 0.234. The van der Waals surface area contributed by atoms with Crippen LogP contribution in [0.3, 0.4) is 0 Å². The SMILES string of the molecule is COC(=O)c1cc(-c2cnco2)c(C)cc1N.Cc1cc2[nH]c(=O)n(CS(C)(=O)=O)c(=O)c2cc1-c1cnco1. The summed E-state index contributed by atoms with van der Waals surface area (Å²) in [4.78, 5) is 46.2. The summed E-state index contributed by atoms with van der Waals surface area (Å²) in [6.07, 6.45) is 6.66. The highest BCUT2D eigenvalue weighted by Crippen LogP contribution is 2.28. The highest BCUT2D eigenvalue weighted by Gasteiger charge is 2.16. The minimum Gasteiger partial charge on any atom is -0.465 e. The van der Waals surface area contributed by atoms with Crippen LogP contribution in [0.4, 0.5) is 5.69 Å². The topological polar surface area (TPSA) is 193 Å². The standard InChI is InChI=1S/C14H13N3O5S.C12H12N2O3/c1-8-3-11-10(4-9(8)12-5-15-6-22-12)13(18)17(14(19)16-11)7-23(2,20)21;1-7-3-10(13)9(12(15)16-2)4-8(7)11-5-14-6-17-11/h3-6H,7H2,1-2H3,(H,16,19);3-6H,13H2,1-2H3. The van der Waals surface area contributed by atoms with E-state index in [2.05, 4.69) is 19.7 Å². The third-order valence-corrected chi connectivity index (χ3v) is 6.62. The molecule has 0 aliphatic heterocycles. The van der Waals surface area contributed by atoms with Crippen molar-refractivity contribution < 1.29 is 26.8 Å². The van der Waals surface area contributed by atoms with Crippen molar-refractivity contribution in [1.29, 1.82) is 0 Å². The van der Waals surface area contributed by atoms with Crippen molar-refractivity contribution in [3.63, 3.8) is 0 Å². The summed E-state index contributed by atoms with van der Waals surface area (Å²) in [7, 11) is -2.22. The second-order valence-corrected chi connectivity index (χ2v) is 11.0. The number of sulfone groups is 1. The summed E-state index contributed by atoms with van der Waals surface area (Å²) in [5.41, 5.74) is 8.50. The van der Waals surface area contributed by atoms with Gasteiger partial charge in [-0.05, 0) is 49.2 Å². The first-order chi connectivity index (χ1) is 18.9. The first-order valence-corrected chi connectivity index (χ1v) is 13.7. The Labute approximate surface area is 227 Å². The third kappa shape index (κ3) is 5.86. The van der Waals surface area contributed by atoms with Crippen LogP contribution in [0, 0.1) is 13.8 Å². The molecule has 0 unspecified atom stereocenters. The van der Waals surface area contributed by atoms with Gasteiger partial charge in [-0.15, -0.1) is 0 Å². The van der Waals surface area contributed by atoms with Crippen LogP contribution in [0.1, 0.15) is 21.5 Å². The van der Waals surface area contributed by atoms with Gasteiger partial charge in [0, 0.05) is 23.1 Å². The molecular formula is C26H25N5O8S. The van der Waals surface area contributed by atoms with Crippen LogP contribution in [0.2, 0.25) is 0 Å². The number of oxazole rings is 2. The van der Waals surface area contributed by atoms with Crippen molar-refractivity contribution >= 4 is 32.4 Å². The molecule has 13 nitrogen and oxygen atoms in total. The molecule has 0 spiro atoms. The minimum atomic E-state index is -3.54. The molecule has 0 aliphatic carbocycles. The van der Waals surface area contributed by atoms with Crippen LogP contribution in [0.15, 0.2) is 67.9 Å². The molecule has 0 saturated heterocycles. The first kappa shape index (κ1) is 28.0. The lowest BCUT2D eigenvalue weighted by molar-refractivity contribution is 0.0602. The van der Waals surface area contributed by atoms with Gasteiger partial charge < -0.3 is 24.3 Å². The van der Waals surface area contributed by atoms with Crippen molar-refractivity contribution in [2.45, 2.75) is 19.7 Å². The Morgan fingerprint density at radius 1 is 1.00 bits per heavy atom. The number of nitrogens with two attached hydrogens (primary N) is 1. The number of aromatic amines is 1. The molecule has 0 amide bonds. The second kappa shape index (κ2) is 11.0. The lowest BCUT2D eigenvalue weighted by Crippen LogP contribution is -2.37. The molecule has 3 aromatic heterocycles. The van der Waals surface area contributed by atoms with Gasteiger partial charge in [0.2, 0.25) is 0 Å². The molecular weight excluding hydrogens is 542 g/mol. The molecule has 3 N–H and O–H groups in total. The zero-order valence-electron chi connectivity index (χ0n) is 21.9. The Bertz CT molecular complexity index is 1920. The molecule has 0 saturated carbocycles. The van der Waals surface area contributed by atoms with Crippen molar-refractivity contribution in [3.05, 3.63) is 87.0 Å². The number of nitrogens with one attached hydrogen (secondary N) is 1. The number of aromatic nitrogens is 4. The van der Waals surface area contributed by atoms with Crippen LogP contribution < -0.4 is 17.0 Å². The van der Waals surface area contributed by atoms with Gasteiger partial charge in [0.15, 0.2) is 34.1 Å². The maximum atomic E-state index is 12.5. The number of hydrogen-bond acceptors (Lipinski definition) is 11. The Morgan fingerprint density at radius 3 is 2.10 bits per heavy atom. The highest BCUT2D eigenvalue weighted by molar-refractivity contribution is 7.89. The van der Waals surface area contributed by atoms with Crippen molar-refractivity contribution in [3.8, 4) is 22.6 Å². The maximum absolute atomic E-state index is 12.5. The highest BCUT2D eigenvalue weighted by atomic mass is 32.2. The number of rotatable bonds is 5. The number of ether oxygens (including phenoxy) is 1. The molecule has 208 valence electrons. The number of aryl methyl sites for hydroxylation is 2. The van der Waals surface area contributed by atoms with E-state index < -0.39 is 32.9 Å². The van der Waals surface area contributed by atoms with E-state index in [0.717, 1.165) is 22.9 Å². The Balaban J connectivity index is 0.000000194. The molecule has 3 heterocycles. The molecule has 0 fully saturated rings. The Morgan fingerprint density at radius 2 is 1.57 bits per heavy atom. The van der Waals surface area contributed by atoms with Crippen LogP contribution in [0.5, 0.6) is 0 Å². The van der Waals surface area contributed by atoms with Crippen LogP contribution in [-0.4, -0.2) is 47.3 Å². The summed E-state index contributed by atoms with van der Waals surface area (Å²) in [6, 6.07) is 6.56. The average Bonchev–Trinajstić information content (AvgIpc) is 3.61. The molecule has 0 bridgehead atoms. The summed E-state index contributed by atoms with van der Waals surface area (Å²) >= 11 is 0. The fourth-order valence-corrected chi connectivity index (χ4v) is 4.71. The van der Waals surface area contributed by atoms with Gasteiger partial charge in [0.25, 0.3) is 5.56 Å². The van der Waals surface area contributed by atoms with Gasteiger partial charge in [0.05, 0.1) is 36.0 Å². The molecule has 14 heteroatoms. The van der Waals surface area contributed by atoms with E-state index in [0.29, 0.717) is 38.4 Å². The largest absolute Gasteiger partial charge is 0.465 e. The van der Waals surface area contributed by atoms with E-state index in [1.165, 1.54) is 26.1 Å². The fraction of sp³-hybridized carbons (Fsp3) is 0.192. The third-order valence-electron chi connectivity index (χ3n) is 5.89. The van der Waals surface area contributed by atoms with Gasteiger partial charge in [-0.1, -0.05) is 0 Å². The van der Waals surface area contributed by atoms with Gasteiger partial charge in [0.1, 0.15) is 5.88 Å². The van der Waals surface area contributed by atoms with Gasteiger partial charge in [-0.2, -0.15) is 0 Å². The van der Waals surface area contributed by atoms with Gasteiger partial charge >= 0.3 is 11.7 Å². The Kier molecular flexibility index (Phi) is 7.72. The molecule has 40 heavy (non-hydrogen) atoms. The molecule has 0 atom stereocenters. The summed E-state index contributed by atoms with van der Waals surface area (Å²) < 4.78 is 38.6. The van der Waals surface area contributed by atoms with E-state index in [9.17, 15) is 22.8 Å². The second-order valence-electron chi connectivity index (χ2n) is 8.91. The van der Waals surface area contributed by atoms with Crippen LogP contribution >= 0.6 is 0 Å². The van der Waals surface area contributed by atoms with Gasteiger partial charge in [-0.3, -0.25) is 4.79 Å². The number of carbonyl (C=O) groups is 1. The number of carbonyl (C=O) groups excluding carboxylic acids is 1. The molecule has 0 radical (unpaired) electrons. The number of fused-ring (bicyclic) bond motifs is 1. The Hall–Kier alpha value is -4.98. The number of hydrogen-bond donors (Lipinski definition) is 2. The normalized spacial score (nSPS) is 11.2. The van der Waals surface area contributed by atoms with E-state index in [-0.39, 0.29) is 5.39 Å². The average molecular weight is 568 g/mol. The number of nitrogen functional groups attached to an aromatic ring is 1. The smallest absolute Gasteiger partial charge is 0.339 e. The van der Waals surface area contributed by atoms with E-state index in [1.54, 1.807) is 37.4 Å². The van der Waals surface area contributed by atoms with Crippen LogP contribution in [-0.2, 0) is 20.5 Å². The summed E-state index contributed by atoms with van der Waals surface area (Å²) in [6.45, 7) is 3.69. The summed E-state index contributed by atoms with van der Waals surface area (Å²) in [5.74, 6) is -0.0802. The number of nitrogens with zero attached hydrogens (tertiary/aromatic N) is 3. The monoisotopic (exact) mass is 567 g/mol. The van der Waals surface area contributed by atoms with Crippen molar-refractivity contribution in [1.82, 2.24) is 19.5 Å². The van der Waals surface area contributed by atoms with Crippen LogP contribution in [0.25, 0.3) is 33.6 Å². The fourth-order valence-electron chi connectivity index (χ4n) is 4.01. The van der Waals surface area contributed by atoms with Gasteiger partial charge in [-0.25, -0.2) is 32.5 Å². The number of benzene rings is 2. The summed E-state index contributed by atoms with van der Waals surface area (Å²) in [5, 5.41) is 0.199. The zero-order chi connectivity index (χ0) is 29.2. The molecule has 2 aromatic carbocycles. The number of methoxy groups -OCH3 is 1. The number of esters is 1. The predicted octanol–water partition coefficient (Wildman–Crippen LogP) is 2.67. The predicted molar refractivity (Wildman–Crippen MR) is 146 cm³/mol. The molecule has 5 rings (SSSR count). The minimum absolute atomic E-state index is 0.199. The first-order valence-electron chi connectivity index (χ1n) is 11.6. The molecule has 5 aromatic rings. The van der Waals surface area contributed by atoms with E-state index in [4.69, 9.17) is 14.6 Å². The number of H-pyrrole nitrogens is 1. The molecule has 0 aliphatic rings.